The lowest BCUT2D eigenvalue weighted by molar-refractivity contribution is -0.173. The van der Waals surface area contributed by atoms with Gasteiger partial charge in [-0.2, -0.15) is 13.2 Å². The van der Waals surface area contributed by atoms with Crippen LogP contribution in [0, 0.1) is 5.92 Å². The highest BCUT2D eigenvalue weighted by Gasteiger charge is 2.27. The van der Waals surface area contributed by atoms with E-state index in [2.05, 4.69) is 10.1 Å². The Morgan fingerprint density at radius 3 is 2.60 bits per heavy atom. The highest BCUT2D eigenvalue weighted by molar-refractivity contribution is 6.19. The summed E-state index contributed by atoms with van der Waals surface area (Å²) in [5.74, 6) is -0.468. The number of hydrogen-bond donors (Lipinski definition) is 1. The number of halogens is 4. The summed E-state index contributed by atoms with van der Waals surface area (Å²) in [5.41, 5.74) is 0. The molecule has 0 saturated carbocycles. The van der Waals surface area contributed by atoms with Gasteiger partial charge in [0.05, 0.1) is 6.61 Å². The number of ether oxygens (including phenoxy) is 1. The zero-order chi connectivity index (χ0) is 11.9. The Hall–Kier alpha value is -0.490. The summed E-state index contributed by atoms with van der Waals surface area (Å²) in [6.45, 7) is 0.212. The second-order valence-corrected chi connectivity index (χ2v) is 3.32. The van der Waals surface area contributed by atoms with E-state index in [0.717, 1.165) is 0 Å². The second-order valence-electron chi connectivity index (χ2n) is 3.01. The van der Waals surface area contributed by atoms with Crippen LogP contribution in [-0.4, -0.2) is 37.7 Å². The van der Waals surface area contributed by atoms with E-state index in [1.54, 1.807) is 6.92 Å². The summed E-state index contributed by atoms with van der Waals surface area (Å²) < 4.78 is 39.1. The average molecular weight is 248 g/mol. The maximum atomic E-state index is 11.6. The normalized spacial score (nSPS) is 13.7. The molecule has 15 heavy (non-hydrogen) atoms. The first-order valence-electron chi connectivity index (χ1n) is 4.35. The molecule has 1 amide bonds. The molecule has 0 spiro atoms. The third-order valence-electron chi connectivity index (χ3n) is 1.49. The van der Waals surface area contributed by atoms with Gasteiger partial charge in [0.1, 0.15) is 6.61 Å². The Labute approximate surface area is 90.9 Å². The van der Waals surface area contributed by atoms with E-state index in [4.69, 9.17) is 11.6 Å². The largest absolute Gasteiger partial charge is 0.411 e. The lowest BCUT2D eigenvalue weighted by atomic mass is 10.2. The van der Waals surface area contributed by atoms with Gasteiger partial charge in [-0.3, -0.25) is 4.79 Å². The van der Waals surface area contributed by atoms with Crippen LogP contribution in [0.2, 0.25) is 0 Å². The molecule has 0 aliphatic rings. The monoisotopic (exact) mass is 247 g/mol. The van der Waals surface area contributed by atoms with Crippen LogP contribution in [0.4, 0.5) is 13.2 Å². The van der Waals surface area contributed by atoms with Crippen LogP contribution in [-0.2, 0) is 9.53 Å². The van der Waals surface area contributed by atoms with Crippen molar-refractivity contribution in [2.45, 2.75) is 13.1 Å². The molecule has 0 aromatic carbocycles. The van der Waals surface area contributed by atoms with E-state index in [0.29, 0.717) is 0 Å². The van der Waals surface area contributed by atoms with Crippen molar-refractivity contribution < 1.29 is 22.7 Å². The van der Waals surface area contributed by atoms with Crippen molar-refractivity contribution in [1.29, 1.82) is 0 Å². The van der Waals surface area contributed by atoms with Gasteiger partial charge < -0.3 is 10.1 Å². The summed E-state index contributed by atoms with van der Waals surface area (Å²) in [6, 6.07) is 0. The molecule has 0 fully saturated rings. The maximum absolute atomic E-state index is 11.6. The van der Waals surface area contributed by atoms with Crippen molar-refractivity contribution in [3.63, 3.8) is 0 Å². The second kappa shape index (κ2) is 6.90. The van der Waals surface area contributed by atoms with E-state index >= 15 is 0 Å². The van der Waals surface area contributed by atoms with Gasteiger partial charge in [-0.05, 0) is 0 Å². The molecule has 0 aromatic heterocycles. The fourth-order valence-electron chi connectivity index (χ4n) is 0.679. The Morgan fingerprint density at radius 2 is 2.13 bits per heavy atom. The van der Waals surface area contributed by atoms with Crippen molar-refractivity contribution in [3.8, 4) is 0 Å². The lowest BCUT2D eigenvalue weighted by Gasteiger charge is -2.10. The fourth-order valence-corrected chi connectivity index (χ4v) is 0.819. The Kier molecular flexibility index (Phi) is 6.67. The first-order chi connectivity index (χ1) is 6.87. The maximum Gasteiger partial charge on any atom is 0.411 e. The molecule has 0 bridgehead atoms. The predicted octanol–water partition coefficient (Wildman–Crippen LogP) is 1.56. The summed E-state index contributed by atoms with van der Waals surface area (Å²) in [5, 5.41) is 2.40. The van der Waals surface area contributed by atoms with Crippen molar-refractivity contribution >= 4 is 17.5 Å². The summed E-state index contributed by atoms with van der Waals surface area (Å²) in [7, 11) is 0. The van der Waals surface area contributed by atoms with Crippen LogP contribution in [0.1, 0.15) is 6.92 Å². The third kappa shape index (κ3) is 8.50. The standard InChI is InChI=1S/C8H13ClF3NO2/c1-6(4-9)7(14)13-2-3-15-5-8(10,11)12/h6H,2-5H2,1H3,(H,13,14). The number of nitrogens with one attached hydrogen (secondary N) is 1. The smallest absolute Gasteiger partial charge is 0.370 e. The zero-order valence-corrected chi connectivity index (χ0v) is 8.99. The average Bonchev–Trinajstić information content (AvgIpc) is 2.14. The molecule has 3 nitrogen and oxygen atoms in total. The molecule has 1 unspecified atom stereocenters. The molecule has 7 heteroatoms. The molecule has 0 heterocycles. The lowest BCUT2D eigenvalue weighted by Crippen LogP contribution is -2.33. The molecule has 1 N–H and O–H groups in total. The molecular weight excluding hydrogens is 235 g/mol. The number of amides is 1. The van der Waals surface area contributed by atoms with Gasteiger partial charge in [-0.1, -0.05) is 6.92 Å². The number of alkyl halides is 4. The van der Waals surface area contributed by atoms with Gasteiger partial charge >= 0.3 is 6.18 Å². The van der Waals surface area contributed by atoms with Gasteiger partial charge in [-0.15, -0.1) is 11.6 Å². The summed E-state index contributed by atoms with van der Waals surface area (Å²) in [6.07, 6.45) is -4.33. The minimum Gasteiger partial charge on any atom is -0.370 e. The van der Waals surface area contributed by atoms with Gasteiger partial charge in [0.15, 0.2) is 0 Å². The van der Waals surface area contributed by atoms with Crippen molar-refractivity contribution in [3.05, 3.63) is 0 Å². The van der Waals surface area contributed by atoms with E-state index in [1.165, 1.54) is 0 Å². The van der Waals surface area contributed by atoms with E-state index in [1.807, 2.05) is 0 Å². The van der Waals surface area contributed by atoms with Crippen molar-refractivity contribution in [2.75, 3.05) is 25.6 Å². The third-order valence-corrected chi connectivity index (χ3v) is 1.95. The minimum atomic E-state index is -4.33. The van der Waals surface area contributed by atoms with E-state index < -0.39 is 12.8 Å². The predicted molar refractivity (Wildman–Crippen MR) is 49.8 cm³/mol. The SMILES string of the molecule is CC(CCl)C(=O)NCCOCC(F)(F)F. The first kappa shape index (κ1) is 14.5. The van der Waals surface area contributed by atoms with E-state index in [9.17, 15) is 18.0 Å². The highest BCUT2D eigenvalue weighted by Crippen LogP contribution is 2.13. The number of carbonyl (C=O) groups is 1. The molecule has 0 aromatic rings. The highest BCUT2D eigenvalue weighted by atomic mass is 35.5. The van der Waals surface area contributed by atoms with Gasteiger partial charge in [0.25, 0.3) is 0 Å². The van der Waals surface area contributed by atoms with Gasteiger partial charge in [0.2, 0.25) is 5.91 Å². The molecular formula is C8H13ClF3NO2. The number of carbonyl (C=O) groups excluding carboxylic acids is 1. The molecule has 0 aliphatic heterocycles. The molecule has 1 atom stereocenters. The topological polar surface area (TPSA) is 38.3 Å². The molecule has 0 saturated heterocycles. The van der Waals surface area contributed by atoms with Crippen LogP contribution in [0.15, 0.2) is 0 Å². The first-order valence-corrected chi connectivity index (χ1v) is 4.88. The molecule has 0 radical (unpaired) electrons. The van der Waals surface area contributed by atoms with Gasteiger partial charge in [0, 0.05) is 18.3 Å². The van der Waals surface area contributed by atoms with Crippen LogP contribution in [0.3, 0.4) is 0 Å². The van der Waals surface area contributed by atoms with Crippen LogP contribution in [0.25, 0.3) is 0 Å². The van der Waals surface area contributed by atoms with Crippen LogP contribution in [0.5, 0.6) is 0 Å². The Morgan fingerprint density at radius 1 is 1.53 bits per heavy atom. The molecule has 0 rings (SSSR count). The van der Waals surface area contributed by atoms with Crippen LogP contribution < -0.4 is 5.32 Å². The Bertz CT molecular complexity index is 199. The van der Waals surface area contributed by atoms with Crippen molar-refractivity contribution in [1.82, 2.24) is 5.32 Å². The summed E-state index contributed by atoms with van der Waals surface area (Å²) in [4.78, 5) is 11.1. The Balaban J connectivity index is 3.43. The van der Waals surface area contributed by atoms with Gasteiger partial charge in [-0.25, -0.2) is 0 Å². The zero-order valence-electron chi connectivity index (χ0n) is 8.23. The number of rotatable bonds is 6. The molecule has 90 valence electrons. The fraction of sp³-hybridized carbons (Fsp3) is 0.875. The van der Waals surface area contributed by atoms with E-state index in [-0.39, 0.29) is 30.9 Å². The summed E-state index contributed by atoms with van der Waals surface area (Å²) >= 11 is 5.41. The quantitative estimate of drug-likeness (QED) is 0.571. The minimum absolute atomic E-state index is 0.0517. The van der Waals surface area contributed by atoms with Crippen molar-refractivity contribution in [2.24, 2.45) is 5.92 Å². The molecule has 0 aliphatic carbocycles. The number of hydrogen-bond acceptors (Lipinski definition) is 2. The van der Waals surface area contributed by atoms with Crippen LogP contribution >= 0.6 is 11.6 Å².